The van der Waals surface area contributed by atoms with Crippen LogP contribution in [0, 0.1) is 6.92 Å². The molecule has 0 aliphatic carbocycles. The molecule has 0 fully saturated rings. The summed E-state index contributed by atoms with van der Waals surface area (Å²) in [4.78, 5) is 23.2. The molecule has 0 aliphatic heterocycles. The van der Waals surface area contributed by atoms with E-state index < -0.39 is 0 Å². The second-order valence-electron chi connectivity index (χ2n) is 1.46. The second kappa shape index (κ2) is 30.7. The van der Waals surface area contributed by atoms with E-state index in [-0.39, 0.29) is 17.1 Å². The van der Waals surface area contributed by atoms with Crippen LogP contribution in [0.3, 0.4) is 0 Å². The van der Waals surface area contributed by atoms with Gasteiger partial charge < -0.3 is 14.4 Å². The molecule has 1 aromatic rings. The maximum Gasteiger partial charge on any atom is 0 e. The van der Waals surface area contributed by atoms with E-state index in [1.54, 1.807) is 0 Å². The Morgan fingerprint density at radius 2 is 1.46 bits per heavy atom. The zero-order chi connectivity index (χ0) is 10.4. The van der Waals surface area contributed by atoms with Gasteiger partial charge in [-0.1, -0.05) is 6.92 Å². The average Bonchev–Trinajstić information content (AvgIpc) is 2.66. The first-order valence-electron chi connectivity index (χ1n) is 2.78. The van der Waals surface area contributed by atoms with Crippen LogP contribution in [0.1, 0.15) is 5.56 Å². The van der Waals surface area contributed by atoms with Crippen LogP contribution >= 0.6 is 0 Å². The molecule has 0 heterocycles. The van der Waals surface area contributed by atoms with Crippen molar-refractivity contribution in [2.75, 3.05) is 0 Å². The minimum Gasteiger partial charge on any atom is -0.545 e. The number of rotatable bonds is 0. The van der Waals surface area contributed by atoms with Gasteiger partial charge in [-0.15, -0.1) is 0 Å². The van der Waals surface area contributed by atoms with Crippen LogP contribution in [0.15, 0.2) is 24.3 Å². The van der Waals surface area contributed by atoms with Gasteiger partial charge in [0.25, 0.3) is 0 Å². The monoisotopic (exact) mass is 221 g/mol. The third-order valence-electron chi connectivity index (χ3n) is 0.829. The first kappa shape index (κ1) is 22.6. The Balaban J connectivity index is -0.0000000508. The quantitative estimate of drug-likeness (QED) is 0.371. The van der Waals surface area contributed by atoms with Gasteiger partial charge in [0.1, 0.15) is 0 Å². The van der Waals surface area contributed by atoms with Gasteiger partial charge in [0, 0.05) is 17.1 Å². The molecule has 13 heavy (non-hydrogen) atoms. The topological polar surface area (TPSA) is 51.2 Å². The fraction of sp³-hybridized carbons (Fsp3) is 0.111. The van der Waals surface area contributed by atoms with Crippen LogP contribution in [-0.2, 0) is 31.5 Å². The van der Waals surface area contributed by atoms with Crippen molar-refractivity contribution in [2.45, 2.75) is 6.92 Å². The van der Waals surface area contributed by atoms with Gasteiger partial charge >= 0.3 is 0 Å². The molecule has 0 saturated heterocycles. The summed E-state index contributed by atoms with van der Waals surface area (Å²) in [6, 6.07) is 8.24. The molecular formula is C9H10MnO3-4. The summed E-state index contributed by atoms with van der Waals surface area (Å²) >= 11 is 0. The first-order valence-corrected chi connectivity index (χ1v) is 2.78. The standard InChI is InChI=1S/C6H7.3CHO.Mn/c1-6-4-2-3-5-6;3*1-2;/h2-5H,1H3;3*1H;/q4*-1;. The van der Waals surface area contributed by atoms with Gasteiger partial charge in [-0.05, 0) is 0 Å². The fourth-order valence-electron chi connectivity index (χ4n) is 0.470. The van der Waals surface area contributed by atoms with E-state index in [9.17, 15) is 0 Å². The van der Waals surface area contributed by atoms with E-state index in [4.69, 9.17) is 14.4 Å². The summed E-state index contributed by atoms with van der Waals surface area (Å²) in [7, 11) is 0. The third-order valence-corrected chi connectivity index (χ3v) is 0.829. The van der Waals surface area contributed by atoms with Crippen molar-refractivity contribution in [3.05, 3.63) is 29.8 Å². The predicted molar refractivity (Wildman–Crippen MR) is 47.0 cm³/mol. The molecule has 0 aliphatic rings. The molecule has 4 heteroatoms. The molecule has 0 amide bonds. The van der Waals surface area contributed by atoms with Crippen molar-refractivity contribution in [1.82, 2.24) is 0 Å². The van der Waals surface area contributed by atoms with Crippen molar-refractivity contribution in [3.63, 3.8) is 0 Å². The molecule has 1 radical (unpaired) electrons. The van der Waals surface area contributed by atoms with Gasteiger partial charge in [-0.25, -0.2) is 12.1 Å². The molecule has 0 unspecified atom stereocenters. The summed E-state index contributed by atoms with van der Waals surface area (Å²) in [5.41, 5.74) is 1.34. The zero-order valence-electron chi connectivity index (χ0n) is 7.14. The fourth-order valence-corrected chi connectivity index (χ4v) is 0.470. The molecule has 0 N–H and O–H groups in total. The Hall–Kier alpha value is -1.12. The molecule has 3 nitrogen and oxygen atoms in total. The molecule has 0 saturated carbocycles. The number of hydrogen-bond acceptors (Lipinski definition) is 3. The molecule has 0 spiro atoms. The van der Waals surface area contributed by atoms with E-state index in [0.29, 0.717) is 0 Å². The van der Waals surface area contributed by atoms with Crippen LogP contribution < -0.4 is 0 Å². The van der Waals surface area contributed by atoms with Gasteiger partial charge in [0.2, 0.25) is 0 Å². The summed E-state index contributed by atoms with van der Waals surface area (Å²) in [5, 5.41) is 0. The van der Waals surface area contributed by atoms with Crippen LogP contribution in [0.2, 0.25) is 0 Å². The largest absolute Gasteiger partial charge is 0.545 e. The van der Waals surface area contributed by atoms with Crippen LogP contribution in [0.4, 0.5) is 0 Å². The smallest absolute Gasteiger partial charge is 0 e. The Labute approximate surface area is 89.0 Å². The van der Waals surface area contributed by atoms with E-state index >= 15 is 0 Å². The van der Waals surface area contributed by atoms with Crippen molar-refractivity contribution < 1.29 is 31.5 Å². The Kier molecular flexibility index (Phi) is 53.5. The average molecular weight is 221 g/mol. The molecule has 75 valence electrons. The van der Waals surface area contributed by atoms with E-state index in [1.807, 2.05) is 12.1 Å². The molecular weight excluding hydrogens is 211 g/mol. The van der Waals surface area contributed by atoms with E-state index in [1.165, 1.54) is 5.56 Å². The van der Waals surface area contributed by atoms with Gasteiger partial charge in [-0.2, -0.15) is 17.7 Å². The summed E-state index contributed by atoms with van der Waals surface area (Å²) in [5.74, 6) is 0. The summed E-state index contributed by atoms with van der Waals surface area (Å²) < 4.78 is 0. The molecule has 1 aromatic carbocycles. The summed E-state index contributed by atoms with van der Waals surface area (Å²) in [6.07, 6.45) is 0. The first-order chi connectivity index (χ1) is 5.89. The normalized spacial score (nSPS) is 5.00. The minimum atomic E-state index is 0. The van der Waals surface area contributed by atoms with Gasteiger partial charge in [0.15, 0.2) is 0 Å². The van der Waals surface area contributed by atoms with E-state index in [2.05, 4.69) is 39.4 Å². The van der Waals surface area contributed by atoms with Gasteiger partial charge in [-0.3, -0.25) is 20.4 Å². The van der Waals surface area contributed by atoms with Crippen molar-refractivity contribution in [1.29, 1.82) is 0 Å². The number of carbonyl (C=O) groups excluding carboxylic acids is 3. The molecule has 1 rings (SSSR count). The zero-order valence-corrected chi connectivity index (χ0v) is 8.32. The van der Waals surface area contributed by atoms with Crippen molar-refractivity contribution in [2.24, 2.45) is 0 Å². The Morgan fingerprint density at radius 1 is 1.08 bits per heavy atom. The summed E-state index contributed by atoms with van der Waals surface area (Å²) in [6.45, 7) is 11.8. The van der Waals surface area contributed by atoms with Crippen LogP contribution in [-0.4, -0.2) is 20.4 Å². The molecule has 0 atom stereocenters. The molecule has 0 bridgehead atoms. The van der Waals surface area contributed by atoms with Crippen LogP contribution in [0.25, 0.3) is 0 Å². The number of aryl methyl sites for hydroxylation is 1. The predicted octanol–water partition coefficient (Wildman–Crippen LogP) is 0.889. The van der Waals surface area contributed by atoms with Crippen molar-refractivity contribution >= 4 is 20.4 Å². The second-order valence-corrected chi connectivity index (χ2v) is 1.46. The Morgan fingerprint density at radius 3 is 1.54 bits per heavy atom. The van der Waals surface area contributed by atoms with E-state index in [0.717, 1.165) is 0 Å². The maximum atomic E-state index is 7.75. The maximum absolute atomic E-state index is 7.75. The Bertz CT molecular complexity index is 147. The number of hydrogen-bond donors (Lipinski definition) is 0. The SMILES string of the molecule is Cc1ccc[cH-]1.[CH-]=O.[CH-]=O.[CH-]=O.[Mn]. The van der Waals surface area contributed by atoms with Gasteiger partial charge in [0.05, 0.1) is 0 Å². The third kappa shape index (κ3) is 24.8. The molecule has 0 aromatic heterocycles. The van der Waals surface area contributed by atoms with Crippen LogP contribution in [0.5, 0.6) is 0 Å². The van der Waals surface area contributed by atoms with Crippen molar-refractivity contribution in [3.8, 4) is 0 Å². The minimum absolute atomic E-state index is 0.